The van der Waals surface area contributed by atoms with Gasteiger partial charge in [-0.3, -0.25) is 9.59 Å². The zero-order valence-electron chi connectivity index (χ0n) is 17.4. The number of carbonyl (C=O) groups excluding carboxylic acids is 3. The number of likely N-dealkylation sites (N-methyl/N-ethyl adjacent to an activating group) is 1. The average molecular weight is 395 g/mol. The molecule has 8 nitrogen and oxygen atoms in total. The van der Waals surface area contributed by atoms with Gasteiger partial charge in [0.2, 0.25) is 11.8 Å². The third-order valence-corrected chi connectivity index (χ3v) is 6.07. The number of amides is 3. The first kappa shape index (κ1) is 20.9. The summed E-state index contributed by atoms with van der Waals surface area (Å²) in [4.78, 5) is 42.3. The zero-order valence-corrected chi connectivity index (χ0v) is 17.4. The van der Waals surface area contributed by atoms with Crippen molar-refractivity contribution >= 4 is 17.9 Å². The van der Waals surface area contributed by atoms with E-state index in [0.29, 0.717) is 64.3 Å². The van der Waals surface area contributed by atoms with Crippen LogP contribution in [-0.4, -0.2) is 91.1 Å². The molecule has 28 heavy (non-hydrogen) atoms. The minimum absolute atomic E-state index is 0.0265. The molecule has 158 valence electrons. The van der Waals surface area contributed by atoms with Crippen molar-refractivity contribution in [1.82, 2.24) is 20.0 Å². The van der Waals surface area contributed by atoms with E-state index in [2.05, 4.69) is 31.1 Å². The molecule has 3 aliphatic rings. The van der Waals surface area contributed by atoms with Crippen molar-refractivity contribution in [3.05, 3.63) is 0 Å². The Morgan fingerprint density at radius 1 is 1.32 bits per heavy atom. The first-order valence-corrected chi connectivity index (χ1v) is 10.5. The summed E-state index contributed by atoms with van der Waals surface area (Å²) >= 11 is 0. The van der Waals surface area contributed by atoms with Gasteiger partial charge in [-0.25, -0.2) is 4.79 Å². The summed E-state index contributed by atoms with van der Waals surface area (Å²) in [5.74, 6) is 0.622. The molecule has 0 saturated carbocycles. The Morgan fingerprint density at radius 2 is 2.04 bits per heavy atom. The second-order valence-electron chi connectivity index (χ2n) is 8.99. The largest absolute Gasteiger partial charge is 0.441 e. The van der Waals surface area contributed by atoms with Gasteiger partial charge in [-0.1, -0.05) is 13.8 Å². The fraction of sp³-hybridized carbons (Fsp3) is 0.850. The molecule has 0 aromatic carbocycles. The SMILES string of the molecule is CC(C)CN(C)CCN1CC2(CCN(C(=O)[C@@H]3CCC(=O)NC3)CC2)OC1=O. The predicted molar refractivity (Wildman–Crippen MR) is 105 cm³/mol. The van der Waals surface area contributed by atoms with Crippen molar-refractivity contribution in [1.29, 1.82) is 0 Å². The zero-order chi connectivity index (χ0) is 20.3. The monoisotopic (exact) mass is 394 g/mol. The van der Waals surface area contributed by atoms with E-state index in [1.54, 1.807) is 0 Å². The normalized spacial score (nSPS) is 24.8. The minimum atomic E-state index is -0.453. The summed E-state index contributed by atoms with van der Waals surface area (Å²) in [6, 6.07) is 0. The molecule has 0 aliphatic carbocycles. The van der Waals surface area contributed by atoms with Crippen LogP contribution in [0.2, 0.25) is 0 Å². The van der Waals surface area contributed by atoms with E-state index >= 15 is 0 Å². The summed E-state index contributed by atoms with van der Waals surface area (Å²) in [6.07, 6.45) is 2.18. The van der Waals surface area contributed by atoms with Crippen LogP contribution in [0.5, 0.6) is 0 Å². The Hall–Kier alpha value is -1.83. The summed E-state index contributed by atoms with van der Waals surface area (Å²) < 4.78 is 5.78. The van der Waals surface area contributed by atoms with Crippen molar-refractivity contribution in [2.45, 2.75) is 45.1 Å². The van der Waals surface area contributed by atoms with Crippen molar-refractivity contribution in [3.63, 3.8) is 0 Å². The molecule has 0 aromatic heterocycles. The van der Waals surface area contributed by atoms with E-state index in [-0.39, 0.29) is 23.8 Å². The quantitative estimate of drug-likeness (QED) is 0.724. The summed E-state index contributed by atoms with van der Waals surface area (Å²) in [6.45, 7) is 9.16. The lowest BCUT2D eigenvalue weighted by molar-refractivity contribution is -0.140. The van der Waals surface area contributed by atoms with Gasteiger partial charge in [0.05, 0.1) is 12.5 Å². The van der Waals surface area contributed by atoms with Crippen molar-refractivity contribution in [2.24, 2.45) is 11.8 Å². The number of likely N-dealkylation sites (tertiary alicyclic amines) is 1. The Kier molecular flexibility index (Phi) is 6.47. The van der Waals surface area contributed by atoms with Gasteiger partial charge in [0.1, 0.15) is 5.60 Å². The number of hydrogen-bond acceptors (Lipinski definition) is 5. The number of piperidine rings is 2. The second-order valence-corrected chi connectivity index (χ2v) is 8.99. The van der Waals surface area contributed by atoms with Gasteiger partial charge in [-0.2, -0.15) is 0 Å². The molecule has 0 radical (unpaired) electrons. The smallest absolute Gasteiger partial charge is 0.410 e. The molecule has 0 bridgehead atoms. The standard InChI is InChI=1S/C20H34N4O4/c1-15(2)13-22(3)10-11-24-14-20(28-19(24)27)6-8-23(9-7-20)18(26)16-4-5-17(25)21-12-16/h15-16H,4-14H2,1-3H3,(H,21,25)/t16-/m1/s1. The number of rotatable bonds is 6. The molecule has 3 heterocycles. The maximum absolute atomic E-state index is 12.7. The van der Waals surface area contributed by atoms with Crippen LogP contribution in [0.4, 0.5) is 4.79 Å². The molecule has 1 spiro atoms. The lowest BCUT2D eigenvalue weighted by Crippen LogP contribution is -2.52. The summed E-state index contributed by atoms with van der Waals surface area (Å²) in [5, 5.41) is 2.78. The van der Waals surface area contributed by atoms with E-state index in [1.807, 2.05) is 9.80 Å². The molecule has 3 aliphatic heterocycles. The maximum atomic E-state index is 12.7. The van der Waals surface area contributed by atoms with Crippen LogP contribution >= 0.6 is 0 Å². The van der Waals surface area contributed by atoms with E-state index in [9.17, 15) is 14.4 Å². The van der Waals surface area contributed by atoms with Gasteiger partial charge in [-0.05, 0) is 19.4 Å². The highest BCUT2D eigenvalue weighted by molar-refractivity contribution is 5.84. The molecule has 3 amide bonds. The predicted octanol–water partition coefficient (Wildman–Crippen LogP) is 0.914. The average Bonchev–Trinajstić information content (AvgIpc) is 2.95. The van der Waals surface area contributed by atoms with E-state index in [4.69, 9.17) is 4.74 Å². The van der Waals surface area contributed by atoms with Crippen molar-refractivity contribution in [2.75, 3.05) is 52.9 Å². The van der Waals surface area contributed by atoms with Gasteiger partial charge in [0, 0.05) is 58.5 Å². The van der Waals surface area contributed by atoms with Crippen LogP contribution in [0.1, 0.15) is 39.5 Å². The van der Waals surface area contributed by atoms with Gasteiger partial charge < -0.3 is 24.8 Å². The van der Waals surface area contributed by atoms with E-state index < -0.39 is 5.60 Å². The molecule has 1 N–H and O–H groups in total. The molecule has 1 atom stereocenters. The van der Waals surface area contributed by atoms with E-state index in [0.717, 1.165) is 13.1 Å². The summed E-state index contributed by atoms with van der Waals surface area (Å²) in [7, 11) is 2.08. The number of ether oxygens (including phenoxy) is 1. The molecule has 8 heteroatoms. The van der Waals surface area contributed by atoms with Crippen molar-refractivity contribution < 1.29 is 19.1 Å². The van der Waals surface area contributed by atoms with Gasteiger partial charge in [-0.15, -0.1) is 0 Å². The maximum Gasteiger partial charge on any atom is 0.410 e. The van der Waals surface area contributed by atoms with Crippen LogP contribution in [0, 0.1) is 11.8 Å². The van der Waals surface area contributed by atoms with Gasteiger partial charge >= 0.3 is 6.09 Å². The van der Waals surface area contributed by atoms with Crippen molar-refractivity contribution in [3.8, 4) is 0 Å². The molecule has 0 unspecified atom stereocenters. The fourth-order valence-electron chi connectivity index (χ4n) is 4.47. The van der Waals surface area contributed by atoms with Crippen LogP contribution in [-0.2, 0) is 14.3 Å². The first-order chi connectivity index (χ1) is 13.3. The molecule has 3 rings (SSSR count). The highest BCUT2D eigenvalue weighted by atomic mass is 16.6. The lowest BCUT2D eigenvalue weighted by atomic mass is 9.89. The Morgan fingerprint density at radius 3 is 2.64 bits per heavy atom. The number of carbonyl (C=O) groups is 3. The molecule has 3 saturated heterocycles. The van der Waals surface area contributed by atoms with Crippen LogP contribution in [0.25, 0.3) is 0 Å². The Balaban J connectivity index is 1.46. The molecular weight excluding hydrogens is 360 g/mol. The Bertz CT molecular complexity index is 591. The highest BCUT2D eigenvalue weighted by Gasteiger charge is 2.47. The fourth-order valence-corrected chi connectivity index (χ4v) is 4.47. The van der Waals surface area contributed by atoms with Gasteiger partial charge in [0.15, 0.2) is 0 Å². The Labute approximate surface area is 167 Å². The third kappa shape index (κ3) is 4.96. The van der Waals surface area contributed by atoms with Gasteiger partial charge in [0.25, 0.3) is 0 Å². The van der Waals surface area contributed by atoms with Crippen LogP contribution < -0.4 is 5.32 Å². The second kappa shape index (κ2) is 8.68. The van der Waals surface area contributed by atoms with Crippen LogP contribution in [0.3, 0.4) is 0 Å². The molecular formula is C20H34N4O4. The number of nitrogens with one attached hydrogen (secondary N) is 1. The first-order valence-electron chi connectivity index (χ1n) is 10.5. The van der Waals surface area contributed by atoms with Crippen LogP contribution in [0.15, 0.2) is 0 Å². The lowest BCUT2D eigenvalue weighted by Gasteiger charge is -2.39. The topological polar surface area (TPSA) is 82.2 Å². The number of nitrogens with zero attached hydrogens (tertiary/aromatic N) is 3. The highest BCUT2D eigenvalue weighted by Crippen LogP contribution is 2.33. The molecule has 0 aromatic rings. The van der Waals surface area contributed by atoms with E-state index in [1.165, 1.54) is 0 Å². The number of hydrogen-bond donors (Lipinski definition) is 1. The molecule has 3 fully saturated rings. The summed E-state index contributed by atoms with van der Waals surface area (Å²) in [5.41, 5.74) is -0.453. The minimum Gasteiger partial charge on any atom is -0.441 e. The third-order valence-electron chi connectivity index (χ3n) is 6.07.